The SMILES string of the molecule is Cc1[nH]c2ccccc2c1-c1c(C(=O)O)csc1C. The zero-order valence-electron chi connectivity index (χ0n) is 10.7. The first-order valence-corrected chi connectivity index (χ1v) is 6.86. The molecule has 0 fully saturated rings. The average Bonchev–Trinajstić information content (AvgIpc) is 2.88. The van der Waals surface area contributed by atoms with Crippen molar-refractivity contribution in [1.29, 1.82) is 0 Å². The highest BCUT2D eigenvalue weighted by atomic mass is 32.1. The third-order valence-corrected chi connectivity index (χ3v) is 4.26. The maximum Gasteiger partial charge on any atom is 0.337 e. The van der Waals surface area contributed by atoms with Crippen LogP contribution in [0.1, 0.15) is 20.9 Å². The number of fused-ring (bicyclic) bond motifs is 1. The molecule has 2 N–H and O–H groups in total. The normalized spacial score (nSPS) is 11.1. The highest BCUT2D eigenvalue weighted by molar-refractivity contribution is 7.10. The number of aromatic carboxylic acids is 1. The molecule has 0 bridgehead atoms. The van der Waals surface area contributed by atoms with Gasteiger partial charge in [-0.15, -0.1) is 11.3 Å². The van der Waals surface area contributed by atoms with Gasteiger partial charge in [-0.2, -0.15) is 0 Å². The molecule has 96 valence electrons. The summed E-state index contributed by atoms with van der Waals surface area (Å²) in [4.78, 5) is 15.7. The molecule has 3 rings (SSSR count). The number of carbonyl (C=O) groups is 1. The van der Waals surface area contributed by atoms with E-state index in [-0.39, 0.29) is 0 Å². The second-order valence-electron chi connectivity index (χ2n) is 4.56. The van der Waals surface area contributed by atoms with Crippen LogP contribution in [-0.4, -0.2) is 16.1 Å². The average molecular weight is 271 g/mol. The van der Waals surface area contributed by atoms with Crippen molar-refractivity contribution in [2.75, 3.05) is 0 Å². The summed E-state index contributed by atoms with van der Waals surface area (Å²) in [5.41, 5.74) is 4.27. The van der Waals surface area contributed by atoms with Crippen LogP contribution in [0.5, 0.6) is 0 Å². The Morgan fingerprint density at radius 1 is 1.21 bits per heavy atom. The molecule has 0 saturated heterocycles. The summed E-state index contributed by atoms with van der Waals surface area (Å²) < 4.78 is 0. The summed E-state index contributed by atoms with van der Waals surface area (Å²) >= 11 is 1.48. The van der Waals surface area contributed by atoms with Gasteiger partial charge in [-0.3, -0.25) is 0 Å². The molecule has 0 saturated carbocycles. The lowest BCUT2D eigenvalue weighted by molar-refractivity contribution is 0.0698. The van der Waals surface area contributed by atoms with Gasteiger partial charge in [0, 0.05) is 38.0 Å². The number of hydrogen-bond acceptors (Lipinski definition) is 2. The Labute approximate surface area is 114 Å². The van der Waals surface area contributed by atoms with E-state index in [1.54, 1.807) is 5.38 Å². The summed E-state index contributed by atoms with van der Waals surface area (Å²) in [6.45, 7) is 3.95. The van der Waals surface area contributed by atoms with Crippen molar-refractivity contribution in [2.45, 2.75) is 13.8 Å². The first-order chi connectivity index (χ1) is 9.09. The third-order valence-electron chi connectivity index (χ3n) is 3.35. The monoisotopic (exact) mass is 271 g/mol. The van der Waals surface area contributed by atoms with E-state index in [0.717, 1.165) is 32.6 Å². The molecule has 0 atom stereocenters. The topological polar surface area (TPSA) is 53.1 Å². The maximum atomic E-state index is 11.4. The van der Waals surface area contributed by atoms with Gasteiger partial charge < -0.3 is 10.1 Å². The lowest BCUT2D eigenvalue weighted by Gasteiger charge is -2.03. The second kappa shape index (κ2) is 4.24. The van der Waals surface area contributed by atoms with Gasteiger partial charge in [0.25, 0.3) is 0 Å². The summed E-state index contributed by atoms with van der Waals surface area (Å²) in [6, 6.07) is 7.98. The lowest BCUT2D eigenvalue weighted by atomic mass is 9.99. The van der Waals surface area contributed by atoms with E-state index in [1.165, 1.54) is 11.3 Å². The van der Waals surface area contributed by atoms with E-state index < -0.39 is 5.97 Å². The van der Waals surface area contributed by atoms with Gasteiger partial charge in [-0.25, -0.2) is 4.79 Å². The number of aryl methyl sites for hydroxylation is 2. The number of H-pyrrole nitrogens is 1. The van der Waals surface area contributed by atoms with E-state index in [0.29, 0.717) is 5.56 Å². The van der Waals surface area contributed by atoms with Crippen molar-refractivity contribution in [2.24, 2.45) is 0 Å². The minimum absolute atomic E-state index is 0.385. The second-order valence-corrected chi connectivity index (χ2v) is 5.64. The predicted octanol–water partition coefficient (Wildman–Crippen LogP) is 4.21. The van der Waals surface area contributed by atoms with Crippen LogP contribution in [0.2, 0.25) is 0 Å². The summed E-state index contributed by atoms with van der Waals surface area (Å²) in [5, 5.41) is 12.1. The van der Waals surface area contributed by atoms with Gasteiger partial charge >= 0.3 is 5.97 Å². The number of nitrogens with one attached hydrogen (secondary N) is 1. The van der Waals surface area contributed by atoms with Crippen LogP contribution in [0.25, 0.3) is 22.0 Å². The Morgan fingerprint density at radius 2 is 1.95 bits per heavy atom. The van der Waals surface area contributed by atoms with Crippen LogP contribution in [-0.2, 0) is 0 Å². The largest absolute Gasteiger partial charge is 0.478 e. The van der Waals surface area contributed by atoms with Crippen molar-refractivity contribution in [1.82, 2.24) is 4.98 Å². The minimum atomic E-state index is -0.871. The standard InChI is InChI=1S/C15H13NO2S/c1-8-13(10-5-3-4-6-12(10)16-8)14-9(2)19-7-11(14)15(17)18/h3-7,16H,1-2H3,(H,17,18). The fourth-order valence-electron chi connectivity index (χ4n) is 2.52. The molecule has 19 heavy (non-hydrogen) atoms. The first-order valence-electron chi connectivity index (χ1n) is 5.98. The molecule has 0 aliphatic heterocycles. The number of rotatable bonds is 2. The van der Waals surface area contributed by atoms with E-state index in [2.05, 4.69) is 4.98 Å². The molecule has 0 aliphatic carbocycles. The Hall–Kier alpha value is -2.07. The van der Waals surface area contributed by atoms with Crippen LogP contribution < -0.4 is 0 Å². The highest BCUT2D eigenvalue weighted by Crippen LogP contribution is 2.38. The van der Waals surface area contributed by atoms with Crippen molar-refractivity contribution >= 4 is 28.2 Å². The van der Waals surface area contributed by atoms with Gasteiger partial charge in [-0.05, 0) is 19.9 Å². The molecule has 0 spiro atoms. The quantitative estimate of drug-likeness (QED) is 0.733. The number of aromatic nitrogens is 1. The molecule has 2 aromatic heterocycles. The molecule has 3 nitrogen and oxygen atoms in total. The van der Waals surface area contributed by atoms with Crippen molar-refractivity contribution in [3.8, 4) is 11.1 Å². The molecule has 0 amide bonds. The van der Waals surface area contributed by atoms with Gasteiger partial charge in [0.2, 0.25) is 0 Å². The Balaban J connectivity index is 2.39. The molecule has 2 heterocycles. The van der Waals surface area contributed by atoms with Crippen molar-refractivity contribution in [3.63, 3.8) is 0 Å². The number of benzene rings is 1. The third kappa shape index (κ3) is 1.76. The molecule has 4 heteroatoms. The van der Waals surface area contributed by atoms with E-state index in [9.17, 15) is 9.90 Å². The van der Waals surface area contributed by atoms with Crippen LogP contribution >= 0.6 is 11.3 Å². The highest BCUT2D eigenvalue weighted by Gasteiger charge is 2.20. The number of carboxylic acid groups (broad SMARTS) is 1. The maximum absolute atomic E-state index is 11.4. The lowest BCUT2D eigenvalue weighted by Crippen LogP contribution is -1.97. The first kappa shape index (κ1) is 12.0. The van der Waals surface area contributed by atoms with E-state index >= 15 is 0 Å². The molecule has 0 radical (unpaired) electrons. The van der Waals surface area contributed by atoms with E-state index in [4.69, 9.17) is 0 Å². The van der Waals surface area contributed by atoms with Gasteiger partial charge in [0.1, 0.15) is 0 Å². The number of carboxylic acids is 1. The summed E-state index contributed by atoms with van der Waals surface area (Å²) in [5.74, 6) is -0.871. The fraction of sp³-hybridized carbons (Fsp3) is 0.133. The van der Waals surface area contributed by atoms with Gasteiger partial charge in [0.05, 0.1) is 5.56 Å². The molecular formula is C15H13NO2S. The number of hydrogen-bond donors (Lipinski definition) is 2. The number of thiophene rings is 1. The molecular weight excluding hydrogens is 258 g/mol. The Kier molecular flexibility index (Phi) is 2.68. The zero-order chi connectivity index (χ0) is 13.6. The van der Waals surface area contributed by atoms with Crippen molar-refractivity contribution < 1.29 is 9.90 Å². The summed E-state index contributed by atoms with van der Waals surface area (Å²) in [7, 11) is 0. The number of para-hydroxylation sites is 1. The van der Waals surface area contributed by atoms with Crippen molar-refractivity contribution in [3.05, 3.63) is 45.8 Å². The van der Waals surface area contributed by atoms with Crippen LogP contribution in [0.15, 0.2) is 29.6 Å². The molecule has 1 aromatic carbocycles. The molecule has 0 unspecified atom stereocenters. The van der Waals surface area contributed by atoms with Gasteiger partial charge in [-0.1, -0.05) is 18.2 Å². The predicted molar refractivity (Wildman–Crippen MR) is 78.0 cm³/mol. The van der Waals surface area contributed by atoms with Crippen LogP contribution in [0, 0.1) is 13.8 Å². The minimum Gasteiger partial charge on any atom is -0.478 e. The number of aromatic amines is 1. The fourth-order valence-corrected chi connectivity index (χ4v) is 3.36. The Bertz CT molecular complexity index is 783. The molecule has 0 aliphatic rings. The smallest absolute Gasteiger partial charge is 0.337 e. The Morgan fingerprint density at radius 3 is 2.68 bits per heavy atom. The van der Waals surface area contributed by atoms with Crippen LogP contribution in [0.4, 0.5) is 0 Å². The van der Waals surface area contributed by atoms with Gasteiger partial charge in [0.15, 0.2) is 0 Å². The summed E-state index contributed by atoms with van der Waals surface area (Å²) in [6.07, 6.45) is 0. The van der Waals surface area contributed by atoms with Crippen LogP contribution in [0.3, 0.4) is 0 Å². The zero-order valence-corrected chi connectivity index (χ0v) is 11.5. The van der Waals surface area contributed by atoms with E-state index in [1.807, 2.05) is 38.1 Å². The molecule has 3 aromatic rings.